The van der Waals surface area contributed by atoms with Gasteiger partial charge in [-0.3, -0.25) is 19.5 Å². The first kappa shape index (κ1) is 32.1. The second kappa shape index (κ2) is 13.5. The molecule has 2 aliphatic rings. The second-order valence-electron chi connectivity index (χ2n) is 11.9. The van der Waals surface area contributed by atoms with E-state index in [0.717, 1.165) is 45.2 Å². The molecule has 1 aromatic heterocycles. The third-order valence-corrected chi connectivity index (χ3v) is 8.88. The number of piperazine rings is 1. The molecule has 2 fully saturated rings. The van der Waals surface area contributed by atoms with Gasteiger partial charge in [0.2, 0.25) is 11.8 Å². The molecule has 6 rings (SSSR count). The van der Waals surface area contributed by atoms with E-state index < -0.39 is 28.9 Å². The van der Waals surface area contributed by atoms with Crippen LogP contribution in [0.25, 0.3) is 10.9 Å². The van der Waals surface area contributed by atoms with E-state index in [-0.39, 0.29) is 29.5 Å². The zero-order valence-electron chi connectivity index (χ0n) is 26.3. The number of nitrogens with two attached hydrogens (primary N) is 1. The smallest absolute Gasteiger partial charge is 0.247 e. The quantitative estimate of drug-likeness (QED) is 0.160. The number of benzene rings is 3. The van der Waals surface area contributed by atoms with Crippen molar-refractivity contribution in [3.63, 3.8) is 0 Å². The largest absolute Gasteiger partial charge is 0.493 e. The van der Waals surface area contributed by atoms with Crippen LogP contribution >= 0.6 is 0 Å². The molecule has 3 aromatic carbocycles. The standard InChI is InChI=1S/C35H37F2N5O5/c1-22-21-35(22,33(38)43)34(44)42(24-6-4-23(36)5-7-24)25-8-9-30(27(37)18-25)47-29-10-11-40-28-20-32(31(45-2)19-26(28)29)46-17-3-14-41-15-12-39-13-16-41/h4-11,18-20,22,39H,3,12-17,21H2,1-2H3,(H2,38,43)/t22-,35+/m0/s1. The maximum Gasteiger partial charge on any atom is 0.247 e. The Labute approximate surface area is 271 Å². The Morgan fingerprint density at radius 2 is 1.72 bits per heavy atom. The molecule has 1 saturated heterocycles. The van der Waals surface area contributed by atoms with Gasteiger partial charge in [0.25, 0.3) is 0 Å². The molecular weight excluding hydrogens is 608 g/mol. The average molecular weight is 646 g/mol. The summed E-state index contributed by atoms with van der Waals surface area (Å²) in [5.74, 6) is -1.67. The molecular formula is C35H37F2N5O5. The molecule has 0 spiro atoms. The molecule has 1 saturated carbocycles. The molecule has 12 heteroatoms. The number of methoxy groups -OCH3 is 1. The van der Waals surface area contributed by atoms with Crippen LogP contribution in [-0.4, -0.2) is 68.1 Å². The molecule has 1 aliphatic heterocycles. The number of fused-ring (bicyclic) bond motifs is 1. The molecule has 0 bridgehead atoms. The second-order valence-corrected chi connectivity index (χ2v) is 11.9. The summed E-state index contributed by atoms with van der Waals surface area (Å²) in [5, 5.41) is 3.93. The molecule has 0 radical (unpaired) electrons. The van der Waals surface area contributed by atoms with Crippen LogP contribution in [0.2, 0.25) is 0 Å². The molecule has 2 heterocycles. The Kier molecular flexibility index (Phi) is 9.24. The fraction of sp³-hybridized carbons (Fsp3) is 0.343. The van der Waals surface area contributed by atoms with Crippen molar-refractivity contribution in [3.8, 4) is 23.0 Å². The fourth-order valence-corrected chi connectivity index (χ4v) is 6.07. The summed E-state index contributed by atoms with van der Waals surface area (Å²) >= 11 is 0. The van der Waals surface area contributed by atoms with Crippen molar-refractivity contribution in [2.24, 2.45) is 17.1 Å². The van der Waals surface area contributed by atoms with E-state index in [9.17, 15) is 14.0 Å². The number of hydrogen-bond donors (Lipinski definition) is 2. The highest BCUT2D eigenvalue weighted by Crippen LogP contribution is 2.54. The van der Waals surface area contributed by atoms with Gasteiger partial charge in [-0.2, -0.15) is 0 Å². The van der Waals surface area contributed by atoms with Crippen molar-refractivity contribution >= 4 is 34.1 Å². The van der Waals surface area contributed by atoms with Crippen molar-refractivity contribution in [1.82, 2.24) is 15.2 Å². The van der Waals surface area contributed by atoms with Crippen molar-refractivity contribution < 1.29 is 32.6 Å². The topological polar surface area (TPSA) is 119 Å². The number of ether oxygens (including phenoxy) is 3. The van der Waals surface area contributed by atoms with E-state index >= 15 is 4.39 Å². The highest BCUT2D eigenvalue weighted by atomic mass is 19.1. The summed E-state index contributed by atoms with van der Waals surface area (Å²) in [6, 6.07) is 14.3. The summed E-state index contributed by atoms with van der Waals surface area (Å²) in [5.41, 5.74) is 5.19. The van der Waals surface area contributed by atoms with Gasteiger partial charge in [-0.05, 0) is 67.3 Å². The molecule has 1 aliphatic carbocycles. The lowest BCUT2D eigenvalue weighted by Crippen LogP contribution is -2.43. The van der Waals surface area contributed by atoms with Crippen molar-refractivity contribution in [2.45, 2.75) is 19.8 Å². The van der Waals surface area contributed by atoms with Gasteiger partial charge in [0.15, 0.2) is 23.1 Å². The number of aromatic nitrogens is 1. The van der Waals surface area contributed by atoms with Crippen molar-refractivity contribution in [2.75, 3.05) is 51.3 Å². The number of nitrogens with one attached hydrogen (secondary N) is 1. The summed E-state index contributed by atoms with van der Waals surface area (Å²) in [4.78, 5) is 34.2. The summed E-state index contributed by atoms with van der Waals surface area (Å²) in [6.07, 6.45) is 2.68. The fourth-order valence-electron chi connectivity index (χ4n) is 6.07. The van der Waals surface area contributed by atoms with Crippen LogP contribution in [0.15, 0.2) is 66.9 Å². The predicted molar refractivity (Wildman–Crippen MR) is 173 cm³/mol. The number of primary amides is 1. The molecule has 2 atom stereocenters. The van der Waals surface area contributed by atoms with Crippen LogP contribution in [-0.2, 0) is 9.59 Å². The van der Waals surface area contributed by atoms with Crippen LogP contribution in [0.4, 0.5) is 20.2 Å². The van der Waals surface area contributed by atoms with Gasteiger partial charge in [0.05, 0.1) is 24.9 Å². The maximum absolute atomic E-state index is 15.7. The highest BCUT2D eigenvalue weighted by molar-refractivity contribution is 6.17. The lowest BCUT2D eigenvalue weighted by atomic mass is 10.00. The van der Waals surface area contributed by atoms with Crippen LogP contribution in [0.3, 0.4) is 0 Å². The summed E-state index contributed by atoms with van der Waals surface area (Å²) in [7, 11) is 1.54. The first-order valence-corrected chi connectivity index (χ1v) is 15.6. The number of carbonyl (C=O) groups is 2. The number of carbonyl (C=O) groups excluding carboxylic acids is 2. The molecule has 3 N–H and O–H groups in total. The average Bonchev–Trinajstić information content (AvgIpc) is 3.77. The minimum Gasteiger partial charge on any atom is -0.493 e. The number of rotatable bonds is 12. The van der Waals surface area contributed by atoms with Crippen LogP contribution in [0.1, 0.15) is 19.8 Å². The number of nitrogens with zero attached hydrogens (tertiary/aromatic N) is 3. The van der Waals surface area contributed by atoms with Gasteiger partial charge < -0.3 is 30.2 Å². The number of pyridine rings is 1. The van der Waals surface area contributed by atoms with Crippen LogP contribution < -0.4 is 30.2 Å². The molecule has 0 unspecified atom stereocenters. The highest BCUT2D eigenvalue weighted by Gasteiger charge is 2.64. The lowest BCUT2D eigenvalue weighted by molar-refractivity contribution is -0.134. The predicted octanol–water partition coefficient (Wildman–Crippen LogP) is 5.16. The molecule has 10 nitrogen and oxygen atoms in total. The number of hydrogen-bond acceptors (Lipinski definition) is 8. The SMILES string of the molecule is COc1cc2c(Oc3ccc(N(C(=O)[C@]4(C(N)=O)C[C@@H]4C)c4ccc(F)cc4)cc3F)ccnc2cc1OCCCN1CCNCC1. The van der Waals surface area contributed by atoms with E-state index in [1.54, 1.807) is 38.4 Å². The Balaban J connectivity index is 1.24. The summed E-state index contributed by atoms with van der Waals surface area (Å²) < 4.78 is 47.2. The molecule has 2 amide bonds. The monoisotopic (exact) mass is 645 g/mol. The van der Waals surface area contributed by atoms with E-state index in [1.165, 1.54) is 41.3 Å². The van der Waals surface area contributed by atoms with E-state index in [2.05, 4.69) is 15.2 Å². The van der Waals surface area contributed by atoms with Crippen molar-refractivity contribution in [3.05, 3.63) is 78.5 Å². The first-order chi connectivity index (χ1) is 22.7. The van der Waals surface area contributed by atoms with Gasteiger partial charge in [0.1, 0.15) is 17.0 Å². The van der Waals surface area contributed by atoms with Gasteiger partial charge in [0, 0.05) is 62.1 Å². The summed E-state index contributed by atoms with van der Waals surface area (Å²) in [6.45, 7) is 7.24. The lowest BCUT2D eigenvalue weighted by Gasteiger charge is -2.27. The van der Waals surface area contributed by atoms with Gasteiger partial charge in [-0.15, -0.1) is 0 Å². The van der Waals surface area contributed by atoms with Crippen molar-refractivity contribution in [1.29, 1.82) is 0 Å². The number of halogens is 2. The Hall–Kier alpha value is -4.81. The molecule has 47 heavy (non-hydrogen) atoms. The third kappa shape index (κ3) is 6.56. The Morgan fingerprint density at radius 3 is 2.38 bits per heavy atom. The number of anilines is 2. The number of amides is 2. The van der Waals surface area contributed by atoms with Crippen LogP contribution in [0.5, 0.6) is 23.0 Å². The van der Waals surface area contributed by atoms with E-state index in [4.69, 9.17) is 19.9 Å². The first-order valence-electron chi connectivity index (χ1n) is 15.6. The van der Waals surface area contributed by atoms with Gasteiger partial charge in [-0.25, -0.2) is 8.78 Å². The third-order valence-electron chi connectivity index (χ3n) is 8.88. The van der Waals surface area contributed by atoms with Crippen LogP contribution in [0, 0.1) is 23.0 Å². The normalized spacial score (nSPS) is 19.3. The minimum atomic E-state index is -1.43. The zero-order chi connectivity index (χ0) is 33.1. The maximum atomic E-state index is 15.7. The van der Waals surface area contributed by atoms with E-state index in [0.29, 0.717) is 34.8 Å². The Morgan fingerprint density at radius 1 is 1.00 bits per heavy atom. The Bertz CT molecular complexity index is 1780. The molecule has 4 aromatic rings. The van der Waals surface area contributed by atoms with Gasteiger partial charge >= 0.3 is 0 Å². The molecule has 246 valence electrons. The van der Waals surface area contributed by atoms with Gasteiger partial charge in [-0.1, -0.05) is 6.92 Å². The van der Waals surface area contributed by atoms with E-state index in [1.807, 2.05) is 0 Å². The zero-order valence-corrected chi connectivity index (χ0v) is 26.3. The minimum absolute atomic E-state index is 0.107.